The van der Waals surface area contributed by atoms with Gasteiger partial charge in [-0.25, -0.2) is 4.98 Å². The van der Waals surface area contributed by atoms with Crippen LogP contribution in [0.5, 0.6) is 11.5 Å². The molecule has 5 heteroatoms. The summed E-state index contributed by atoms with van der Waals surface area (Å²) in [6.45, 7) is 0.752. The van der Waals surface area contributed by atoms with E-state index < -0.39 is 0 Å². The van der Waals surface area contributed by atoms with Gasteiger partial charge >= 0.3 is 0 Å². The minimum Gasteiger partial charge on any atom is -0.493 e. The van der Waals surface area contributed by atoms with E-state index in [1.54, 1.807) is 14.2 Å². The van der Waals surface area contributed by atoms with Crippen molar-refractivity contribution < 1.29 is 9.47 Å². The van der Waals surface area contributed by atoms with E-state index in [1.807, 2.05) is 42.5 Å². The van der Waals surface area contributed by atoms with Gasteiger partial charge in [0.05, 0.1) is 25.3 Å². The second kappa shape index (κ2) is 7.95. The lowest BCUT2D eigenvalue weighted by Crippen LogP contribution is -2.06. The summed E-state index contributed by atoms with van der Waals surface area (Å²) in [4.78, 5) is 4.87. The summed E-state index contributed by atoms with van der Waals surface area (Å²) in [5.41, 5.74) is 4.31. The lowest BCUT2D eigenvalue weighted by atomic mass is 10.1. The first-order valence-electron chi connectivity index (χ1n) is 9.07. The Bertz CT molecular complexity index is 1110. The van der Waals surface area contributed by atoms with Gasteiger partial charge in [-0.05, 0) is 41.5 Å². The highest BCUT2D eigenvalue weighted by Gasteiger charge is 2.14. The van der Waals surface area contributed by atoms with Crippen LogP contribution >= 0.6 is 11.6 Å². The smallest absolute Gasteiger partial charge is 0.161 e. The maximum Gasteiger partial charge on any atom is 0.161 e. The SMILES string of the molecule is COc1ccc(Cc2nc3cc(Cl)ccc3n2Cc2ccccc2)cc1OC. The monoisotopic (exact) mass is 392 g/mol. The summed E-state index contributed by atoms with van der Waals surface area (Å²) in [5.74, 6) is 2.41. The van der Waals surface area contributed by atoms with Crippen molar-refractivity contribution in [3.8, 4) is 11.5 Å². The predicted molar refractivity (Wildman–Crippen MR) is 113 cm³/mol. The lowest BCUT2D eigenvalue weighted by Gasteiger charge is -2.12. The fourth-order valence-corrected chi connectivity index (χ4v) is 3.57. The Balaban J connectivity index is 1.76. The molecule has 0 bridgehead atoms. The number of rotatable bonds is 6. The van der Waals surface area contributed by atoms with E-state index in [0.29, 0.717) is 17.2 Å². The molecule has 1 heterocycles. The number of imidazole rings is 1. The molecule has 142 valence electrons. The fourth-order valence-electron chi connectivity index (χ4n) is 3.40. The van der Waals surface area contributed by atoms with E-state index >= 15 is 0 Å². The highest BCUT2D eigenvalue weighted by Crippen LogP contribution is 2.29. The van der Waals surface area contributed by atoms with Crippen LogP contribution in [0.2, 0.25) is 5.02 Å². The molecule has 4 aromatic rings. The van der Waals surface area contributed by atoms with Crippen molar-refractivity contribution in [2.75, 3.05) is 14.2 Å². The highest BCUT2D eigenvalue weighted by atomic mass is 35.5. The molecule has 0 N–H and O–H groups in total. The summed E-state index contributed by atoms with van der Waals surface area (Å²) >= 11 is 6.19. The van der Waals surface area contributed by atoms with Crippen molar-refractivity contribution in [3.63, 3.8) is 0 Å². The standard InChI is InChI=1S/C23H21ClN2O2/c1-27-21-11-8-17(12-22(21)28-2)13-23-25-19-14-18(24)9-10-20(19)26(23)15-16-6-4-3-5-7-16/h3-12,14H,13,15H2,1-2H3. The van der Waals surface area contributed by atoms with Crippen LogP contribution in [0.15, 0.2) is 66.7 Å². The van der Waals surface area contributed by atoms with E-state index in [-0.39, 0.29) is 0 Å². The molecule has 28 heavy (non-hydrogen) atoms. The van der Waals surface area contributed by atoms with Crippen LogP contribution in [0.25, 0.3) is 11.0 Å². The molecule has 4 rings (SSSR count). The number of benzene rings is 3. The molecule has 0 fully saturated rings. The molecule has 0 saturated carbocycles. The molecule has 0 saturated heterocycles. The molecule has 3 aromatic carbocycles. The van der Waals surface area contributed by atoms with Crippen LogP contribution in [0, 0.1) is 0 Å². The molecule has 0 aliphatic carbocycles. The van der Waals surface area contributed by atoms with Crippen LogP contribution in [-0.4, -0.2) is 23.8 Å². The van der Waals surface area contributed by atoms with Gasteiger partial charge in [0, 0.05) is 18.0 Å². The molecular formula is C23H21ClN2O2. The van der Waals surface area contributed by atoms with Gasteiger partial charge in [0.25, 0.3) is 0 Å². The first-order chi connectivity index (χ1) is 13.7. The van der Waals surface area contributed by atoms with Crippen molar-refractivity contribution in [1.82, 2.24) is 9.55 Å². The zero-order valence-electron chi connectivity index (χ0n) is 15.9. The summed E-state index contributed by atoms with van der Waals surface area (Å²) in [6, 6.07) is 22.2. The molecule has 4 nitrogen and oxygen atoms in total. The minimum atomic E-state index is 0.680. The lowest BCUT2D eigenvalue weighted by molar-refractivity contribution is 0.354. The van der Waals surface area contributed by atoms with Crippen molar-refractivity contribution in [3.05, 3.63) is 88.7 Å². The minimum absolute atomic E-state index is 0.680. The molecule has 0 aliphatic heterocycles. The first kappa shape index (κ1) is 18.4. The van der Waals surface area contributed by atoms with Crippen LogP contribution in [0.3, 0.4) is 0 Å². The average Bonchev–Trinajstić information content (AvgIpc) is 3.04. The second-order valence-corrected chi connectivity index (χ2v) is 7.04. The van der Waals surface area contributed by atoms with Gasteiger partial charge in [-0.15, -0.1) is 0 Å². The molecule has 0 atom stereocenters. The summed E-state index contributed by atoms with van der Waals surface area (Å²) in [7, 11) is 3.29. The van der Waals surface area contributed by atoms with Gasteiger partial charge in [0.1, 0.15) is 5.82 Å². The van der Waals surface area contributed by atoms with Crippen LogP contribution in [0.4, 0.5) is 0 Å². The third-order valence-electron chi connectivity index (χ3n) is 4.78. The Labute approximate surface area is 169 Å². The number of hydrogen-bond donors (Lipinski definition) is 0. The highest BCUT2D eigenvalue weighted by molar-refractivity contribution is 6.31. The van der Waals surface area contributed by atoms with Crippen molar-refractivity contribution in [2.24, 2.45) is 0 Å². The van der Waals surface area contributed by atoms with Gasteiger partial charge in [-0.1, -0.05) is 48.0 Å². The number of aromatic nitrogens is 2. The molecule has 1 aromatic heterocycles. The largest absolute Gasteiger partial charge is 0.493 e. The predicted octanol–water partition coefficient (Wildman–Crippen LogP) is 5.35. The molecular weight excluding hydrogens is 372 g/mol. The van der Waals surface area contributed by atoms with E-state index in [0.717, 1.165) is 34.7 Å². The third kappa shape index (κ3) is 3.69. The molecule has 0 radical (unpaired) electrons. The number of nitrogens with zero attached hydrogens (tertiary/aromatic N) is 2. The zero-order chi connectivity index (χ0) is 19.5. The van der Waals surface area contributed by atoms with Gasteiger partial charge < -0.3 is 14.0 Å². The molecule has 0 unspecified atom stereocenters. The molecule has 0 aliphatic rings. The summed E-state index contributed by atoms with van der Waals surface area (Å²) < 4.78 is 13.0. The number of ether oxygens (including phenoxy) is 2. The Morgan fingerprint density at radius 2 is 1.64 bits per heavy atom. The van der Waals surface area contributed by atoms with E-state index in [1.165, 1.54) is 5.56 Å². The van der Waals surface area contributed by atoms with E-state index in [9.17, 15) is 0 Å². The quantitative estimate of drug-likeness (QED) is 0.444. The third-order valence-corrected chi connectivity index (χ3v) is 5.02. The molecule has 0 amide bonds. The second-order valence-electron chi connectivity index (χ2n) is 6.60. The van der Waals surface area contributed by atoms with Crippen molar-refractivity contribution >= 4 is 22.6 Å². The Morgan fingerprint density at radius 1 is 0.857 bits per heavy atom. The van der Waals surface area contributed by atoms with Crippen LogP contribution in [0.1, 0.15) is 17.0 Å². The van der Waals surface area contributed by atoms with Gasteiger partial charge in [-0.3, -0.25) is 0 Å². The maximum absolute atomic E-state index is 6.19. The first-order valence-corrected chi connectivity index (χ1v) is 9.45. The fraction of sp³-hybridized carbons (Fsp3) is 0.174. The van der Waals surface area contributed by atoms with Gasteiger partial charge in [0.2, 0.25) is 0 Å². The molecule has 0 spiro atoms. The Morgan fingerprint density at radius 3 is 2.39 bits per heavy atom. The number of methoxy groups -OCH3 is 2. The topological polar surface area (TPSA) is 36.3 Å². The summed E-state index contributed by atoms with van der Waals surface area (Å²) in [6.07, 6.45) is 0.680. The van der Waals surface area contributed by atoms with E-state index in [2.05, 4.69) is 28.8 Å². The van der Waals surface area contributed by atoms with Crippen LogP contribution < -0.4 is 9.47 Å². The zero-order valence-corrected chi connectivity index (χ0v) is 16.6. The van der Waals surface area contributed by atoms with Crippen molar-refractivity contribution in [2.45, 2.75) is 13.0 Å². The van der Waals surface area contributed by atoms with Gasteiger partial charge in [-0.2, -0.15) is 0 Å². The normalized spacial score (nSPS) is 11.0. The van der Waals surface area contributed by atoms with Gasteiger partial charge in [0.15, 0.2) is 11.5 Å². The number of halogens is 1. The Kier molecular flexibility index (Phi) is 5.22. The van der Waals surface area contributed by atoms with Crippen molar-refractivity contribution in [1.29, 1.82) is 0 Å². The Hall–Kier alpha value is -2.98. The number of fused-ring (bicyclic) bond motifs is 1. The van der Waals surface area contributed by atoms with Crippen LogP contribution in [-0.2, 0) is 13.0 Å². The summed E-state index contributed by atoms with van der Waals surface area (Å²) in [5, 5.41) is 0.689. The maximum atomic E-state index is 6.19. The van der Waals surface area contributed by atoms with E-state index in [4.69, 9.17) is 26.1 Å². The average molecular weight is 393 g/mol. The number of hydrogen-bond acceptors (Lipinski definition) is 3.